The second kappa shape index (κ2) is 5.32. The van der Waals surface area contributed by atoms with Crippen LogP contribution in [0.15, 0.2) is 9.59 Å². The fraction of sp³-hybridized carbons (Fsp3) is 0.600. The number of aromatic amines is 1. The Kier molecular flexibility index (Phi) is 4.32. The van der Waals surface area contributed by atoms with Crippen LogP contribution in [0.1, 0.15) is 19.4 Å². The first-order valence-corrected chi connectivity index (χ1v) is 5.42. The number of nitrogens with one attached hydrogen (secondary N) is 1. The summed E-state index contributed by atoms with van der Waals surface area (Å²) in [5.41, 5.74) is -0.542. The molecule has 5 nitrogen and oxygen atoms in total. The number of hydrogen-bond donors (Lipinski definition) is 1. The van der Waals surface area contributed by atoms with Gasteiger partial charge in [0, 0.05) is 5.56 Å². The normalized spacial score (nSPS) is 11.1. The summed E-state index contributed by atoms with van der Waals surface area (Å²) < 4.78 is 6.37. The van der Waals surface area contributed by atoms with Crippen molar-refractivity contribution in [1.82, 2.24) is 9.55 Å². The summed E-state index contributed by atoms with van der Waals surface area (Å²) in [6.07, 6.45) is 0.0724. The summed E-state index contributed by atoms with van der Waals surface area (Å²) in [5.74, 6) is 0. The summed E-state index contributed by atoms with van der Waals surface area (Å²) in [6, 6.07) is 0. The van der Waals surface area contributed by atoms with Gasteiger partial charge in [-0.2, -0.15) is 0 Å². The van der Waals surface area contributed by atoms with E-state index in [9.17, 15) is 9.59 Å². The van der Waals surface area contributed by atoms with Gasteiger partial charge in [0.2, 0.25) is 0 Å². The van der Waals surface area contributed by atoms with Gasteiger partial charge >= 0.3 is 5.69 Å². The monoisotopic (exact) mass is 246 g/mol. The van der Waals surface area contributed by atoms with E-state index < -0.39 is 5.69 Å². The van der Waals surface area contributed by atoms with Crippen molar-refractivity contribution in [2.24, 2.45) is 0 Å². The molecule has 0 bridgehead atoms. The fourth-order valence-corrected chi connectivity index (χ4v) is 1.39. The van der Waals surface area contributed by atoms with Crippen LogP contribution in [0.2, 0.25) is 5.15 Å². The molecule has 0 aliphatic carbocycles. The Morgan fingerprint density at radius 3 is 2.62 bits per heavy atom. The van der Waals surface area contributed by atoms with Crippen LogP contribution in [0.25, 0.3) is 0 Å². The van der Waals surface area contributed by atoms with Crippen LogP contribution in [0.5, 0.6) is 0 Å². The standard InChI is InChI=1S/C10H15ClN2O3/c1-6(2)16-5-4-13-9(14)7(3)8(11)12-10(13)15/h6H,4-5H2,1-3H3,(H,12,15). The Bertz CT molecular complexity index is 476. The Hall–Kier alpha value is -1.07. The molecule has 0 aromatic carbocycles. The minimum atomic E-state index is -0.507. The van der Waals surface area contributed by atoms with Gasteiger partial charge in [-0.3, -0.25) is 14.3 Å². The highest BCUT2D eigenvalue weighted by molar-refractivity contribution is 6.30. The van der Waals surface area contributed by atoms with Crippen molar-refractivity contribution >= 4 is 11.6 Å². The zero-order valence-corrected chi connectivity index (χ0v) is 10.3. The van der Waals surface area contributed by atoms with Crippen LogP contribution in [-0.2, 0) is 11.3 Å². The van der Waals surface area contributed by atoms with E-state index in [2.05, 4.69) is 4.98 Å². The first kappa shape index (κ1) is 13.0. The van der Waals surface area contributed by atoms with E-state index in [4.69, 9.17) is 16.3 Å². The molecule has 0 spiro atoms. The zero-order valence-electron chi connectivity index (χ0n) is 9.54. The van der Waals surface area contributed by atoms with Gasteiger partial charge in [-0.1, -0.05) is 11.6 Å². The van der Waals surface area contributed by atoms with Crippen molar-refractivity contribution in [3.05, 3.63) is 31.6 Å². The average Bonchev–Trinajstić information content (AvgIpc) is 2.19. The smallest absolute Gasteiger partial charge is 0.329 e. The van der Waals surface area contributed by atoms with Gasteiger partial charge < -0.3 is 4.74 Å². The predicted molar refractivity (Wildman–Crippen MR) is 62.2 cm³/mol. The molecule has 0 saturated heterocycles. The van der Waals surface area contributed by atoms with Crippen LogP contribution < -0.4 is 11.2 Å². The van der Waals surface area contributed by atoms with Crippen molar-refractivity contribution in [2.75, 3.05) is 6.61 Å². The van der Waals surface area contributed by atoms with E-state index in [-0.39, 0.29) is 23.4 Å². The largest absolute Gasteiger partial charge is 0.377 e. The first-order valence-electron chi connectivity index (χ1n) is 5.04. The van der Waals surface area contributed by atoms with Gasteiger partial charge in [-0.05, 0) is 20.8 Å². The Labute approximate surface area is 98.0 Å². The predicted octanol–water partition coefficient (Wildman–Crippen LogP) is 0.923. The summed E-state index contributed by atoms with van der Waals surface area (Å²) >= 11 is 5.68. The lowest BCUT2D eigenvalue weighted by molar-refractivity contribution is 0.0715. The highest BCUT2D eigenvalue weighted by Gasteiger charge is 2.08. The number of halogens is 1. The van der Waals surface area contributed by atoms with E-state index in [0.29, 0.717) is 12.2 Å². The SMILES string of the molecule is Cc1c(Cl)[nH]c(=O)n(CCOC(C)C)c1=O. The molecular weight excluding hydrogens is 232 g/mol. The molecule has 1 N–H and O–H groups in total. The molecule has 0 fully saturated rings. The molecule has 6 heteroatoms. The van der Waals surface area contributed by atoms with E-state index in [1.165, 1.54) is 0 Å². The quantitative estimate of drug-likeness (QED) is 0.804. The molecule has 0 saturated carbocycles. The molecule has 16 heavy (non-hydrogen) atoms. The maximum absolute atomic E-state index is 11.7. The molecule has 90 valence electrons. The fourth-order valence-electron chi connectivity index (χ4n) is 1.23. The van der Waals surface area contributed by atoms with Crippen LogP contribution in [0, 0.1) is 6.92 Å². The number of rotatable bonds is 4. The van der Waals surface area contributed by atoms with E-state index in [1.54, 1.807) is 6.92 Å². The Balaban J connectivity index is 2.93. The highest BCUT2D eigenvalue weighted by Crippen LogP contribution is 2.02. The second-order valence-corrected chi connectivity index (χ2v) is 4.12. The molecule has 0 aliphatic rings. The van der Waals surface area contributed by atoms with Crippen molar-refractivity contribution in [2.45, 2.75) is 33.4 Å². The molecule has 1 rings (SSSR count). The second-order valence-electron chi connectivity index (χ2n) is 3.75. The van der Waals surface area contributed by atoms with Gasteiger partial charge in [-0.25, -0.2) is 4.79 Å². The average molecular weight is 247 g/mol. The van der Waals surface area contributed by atoms with Crippen LogP contribution in [0.4, 0.5) is 0 Å². The molecule has 0 radical (unpaired) electrons. The lowest BCUT2D eigenvalue weighted by atomic mass is 10.4. The number of aromatic nitrogens is 2. The molecular formula is C10H15ClN2O3. The summed E-state index contributed by atoms with van der Waals surface area (Å²) in [6.45, 7) is 5.90. The molecule has 1 heterocycles. The van der Waals surface area contributed by atoms with Gasteiger partial charge in [0.05, 0.1) is 19.3 Å². The zero-order chi connectivity index (χ0) is 12.3. The van der Waals surface area contributed by atoms with Crippen molar-refractivity contribution < 1.29 is 4.74 Å². The Morgan fingerprint density at radius 2 is 2.06 bits per heavy atom. The minimum Gasteiger partial charge on any atom is -0.377 e. The molecule has 0 aliphatic heterocycles. The molecule has 0 amide bonds. The third-order valence-corrected chi connectivity index (χ3v) is 2.50. The maximum Gasteiger partial charge on any atom is 0.329 e. The highest BCUT2D eigenvalue weighted by atomic mass is 35.5. The lowest BCUT2D eigenvalue weighted by Gasteiger charge is -2.09. The van der Waals surface area contributed by atoms with E-state index in [1.807, 2.05) is 13.8 Å². The van der Waals surface area contributed by atoms with Crippen molar-refractivity contribution in [3.63, 3.8) is 0 Å². The summed E-state index contributed by atoms with van der Waals surface area (Å²) in [7, 11) is 0. The Morgan fingerprint density at radius 1 is 1.44 bits per heavy atom. The molecule has 1 aromatic rings. The minimum absolute atomic E-state index is 0.0724. The third kappa shape index (κ3) is 2.96. The topological polar surface area (TPSA) is 64.1 Å². The number of hydrogen-bond acceptors (Lipinski definition) is 3. The van der Waals surface area contributed by atoms with Crippen LogP contribution >= 0.6 is 11.6 Å². The van der Waals surface area contributed by atoms with E-state index >= 15 is 0 Å². The molecule has 0 atom stereocenters. The van der Waals surface area contributed by atoms with E-state index in [0.717, 1.165) is 4.57 Å². The summed E-state index contributed by atoms with van der Waals surface area (Å²) in [4.78, 5) is 25.5. The van der Waals surface area contributed by atoms with Gasteiger partial charge in [0.25, 0.3) is 5.56 Å². The molecule has 0 unspecified atom stereocenters. The first-order chi connectivity index (χ1) is 7.43. The lowest BCUT2D eigenvalue weighted by Crippen LogP contribution is -2.37. The van der Waals surface area contributed by atoms with Crippen molar-refractivity contribution in [3.8, 4) is 0 Å². The van der Waals surface area contributed by atoms with Crippen LogP contribution in [0.3, 0.4) is 0 Å². The third-order valence-electron chi connectivity index (χ3n) is 2.12. The maximum atomic E-state index is 11.7. The molecule has 1 aromatic heterocycles. The summed E-state index contributed by atoms with van der Waals surface area (Å²) in [5, 5.41) is 0.0935. The van der Waals surface area contributed by atoms with Gasteiger partial charge in [0.1, 0.15) is 5.15 Å². The number of H-pyrrole nitrogens is 1. The number of ether oxygens (including phenoxy) is 1. The van der Waals surface area contributed by atoms with Gasteiger partial charge in [-0.15, -0.1) is 0 Å². The van der Waals surface area contributed by atoms with Gasteiger partial charge in [0.15, 0.2) is 0 Å². The van der Waals surface area contributed by atoms with Crippen molar-refractivity contribution in [1.29, 1.82) is 0 Å². The van der Waals surface area contributed by atoms with Crippen LogP contribution in [-0.4, -0.2) is 22.3 Å². The number of nitrogens with zero attached hydrogens (tertiary/aromatic N) is 1.